The van der Waals surface area contributed by atoms with Gasteiger partial charge in [0.2, 0.25) is 0 Å². The summed E-state index contributed by atoms with van der Waals surface area (Å²) in [6.07, 6.45) is 0. The van der Waals surface area contributed by atoms with Gasteiger partial charge in [-0.15, -0.1) is 11.3 Å². The summed E-state index contributed by atoms with van der Waals surface area (Å²) in [6, 6.07) is 4.27. The minimum Gasteiger partial charge on any atom is -0.305 e. The van der Waals surface area contributed by atoms with Crippen LogP contribution in [-0.2, 0) is 6.54 Å². The van der Waals surface area contributed by atoms with E-state index in [2.05, 4.69) is 9.97 Å². The minimum atomic E-state index is -0.360. The maximum absolute atomic E-state index is 13.1. The van der Waals surface area contributed by atoms with Crippen LogP contribution in [0, 0.1) is 12.7 Å². The number of thiazole rings is 1. The fraction of sp³-hybridized carbons (Fsp3) is 0.167. The lowest BCUT2D eigenvalue weighted by Crippen LogP contribution is -2.17. The molecule has 0 fully saturated rings. The second kappa shape index (κ2) is 4.06. The Balaban J connectivity index is 2.11. The van der Waals surface area contributed by atoms with E-state index in [1.807, 2.05) is 12.3 Å². The molecule has 0 spiro atoms. The number of nitrogens with zero attached hydrogens (tertiary/aromatic N) is 2. The molecule has 2 heterocycles. The minimum absolute atomic E-state index is 0.247. The standard InChI is InChI=1S/C12H10FN3OS/c1-7-6-18-11(14-7)5-16-10-3-2-8(13)4-9(10)15-12(16)17/h2-4,6H,5H2,1H3,(H,15,17). The number of imidazole rings is 1. The topological polar surface area (TPSA) is 50.7 Å². The van der Waals surface area contributed by atoms with Gasteiger partial charge in [0.1, 0.15) is 10.8 Å². The number of aryl methyl sites for hydroxylation is 1. The molecule has 6 heteroatoms. The molecule has 1 aromatic carbocycles. The number of hydrogen-bond donors (Lipinski definition) is 1. The van der Waals surface area contributed by atoms with Gasteiger partial charge in [-0.3, -0.25) is 4.57 Å². The molecule has 0 unspecified atom stereocenters. The number of benzene rings is 1. The van der Waals surface area contributed by atoms with Gasteiger partial charge in [-0.2, -0.15) is 0 Å². The van der Waals surface area contributed by atoms with Crippen molar-refractivity contribution in [2.45, 2.75) is 13.5 Å². The summed E-state index contributed by atoms with van der Waals surface area (Å²) in [5, 5.41) is 2.80. The highest BCUT2D eigenvalue weighted by atomic mass is 32.1. The van der Waals surface area contributed by atoms with Crippen LogP contribution < -0.4 is 5.69 Å². The zero-order valence-corrected chi connectivity index (χ0v) is 10.4. The summed E-state index contributed by atoms with van der Waals surface area (Å²) in [5.41, 5.74) is 1.89. The van der Waals surface area contributed by atoms with Crippen molar-refractivity contribution in [1.82, 2.24) is 14.5 Å². The van der Waals surface area contributed by atoms with Gasteiger partial charge in [0, 0.05) is 11.1 Å². The van der Waals surface area contributed by atoms with Crippen molar-refractivity contribution in [3.8, 4) is 0 Å². The summed E-state index contributed by atoms with van der Waals surface area (Å²) < 4.78 is 14.6. The lowest BCUT2D eigenvalue weighted by atomic mass is 10.3. The summed E-state index contributed by atoms with van der Waals surface area (Å²) >= 11 is 1.51. The first-order valence-corrected chi connectivity index (χ1v) is 6.30. The molecular formula is C12H10FN3OS. The van der Waals surface area contributed by atoms with Crippen LogP contribution in [0.5, 0.6) is 0 Å². The number of rotatable bonds is 2. The molecule has 0 radical (unpaired) electrons. The third kappa shape index (κ3) is 1.84. The monoisotopic (exact) mass is 263 g/mol. The van der Waals surface area contributed by atoms with Gasteiger partial charge in [0.25, 0.3) is 0 Å². The van der Waals surface area contributed by atoms with Crippen molar-refractivity contribution in [1.29, 1.82) is 0 Å². The second-order valence-electron chi connectivity index (χ2n) is 4.06. The van der Waals surface area contributed by atoms with Gasteiger partial charge in [0.15, 0.2) is 0 Å². The van der Waals surface area contributed by atoms with Gasteiger partial charge in [-0.25, -0.2) is 14.2 Å². The number of nitrogens with one attached hydrogen (secondary N) is 1. The van der Waals surface area contributed by atoms with E-state index >= 15 is 0 Å². The van der Waals surface area contributed by atoms with E-state index in [9.17, 15) is 9.18 Å². The van der Waals surface area contributed by atoms with E-state index in [4.69, 9.17) is 0 Å². The summed E-state index contributed by atoms with van der Waals surface area (Å²) in [4.78, 5) is 18.8. The molecule has 3 rings (SSSR count). The molecule has 0 saturated heterocycles. The van der Waals surface area contributed by atoms with E-state index in [0.717, 1.165) is 10.7 Å². The highest BCUT2D eigenvalue weighted by molar-refractivity contribution is 7.09. The van der Waals surface area contributed by atoms with Crippen LogP contribution in [0.4, 0.5) is 4.39 Å². The number of aromatic amines is 1. The molecule has 3 aromatic rings. The van der Waals surface area contributed by atoms with Crippen LogP contribution in [0.15, 0.2) is 28.4 Å². The van der Waals surface area contributed by atoms with Gasteiger partial charge >= 0.3 is 5.69 Å². The van der Waals surface area contributed by atoms with Gasteiger partial charge in [-0.1, -0.05) is 0 Å². The maximum atomic E-state index is 13.1. The molecule has 0 aliphatic rings. The maximum Gasteiger partial charge on any atom is 0.326 e. The molecule has 2 aromatic heterocycles. The molecule has 0 amide bonds. The molecule has 18 heavy (non-hydrogen) atoms. The Morgan fingerprint density at radius 1 is 1.50 bits per heavy atom. The number of fused-ring (bicyclic) bond motifs is 1. The van der Waals surface area contributed by atoms with E-state index in [-0.39, 0.29) is 11.5 Å². The molecule has 0 atom stereocenters. The van der Waals surface area contributed by atoms with E-state index in [1.54, 1.807) is 10.6 Å². The first-order valence-electron chi connectivity index (χ1n) is 5.42. The smallest absolute Gasteiger partial charge is 0.305 e. The van der Waals surface area contributed by atoms with Crippen molar-refractivity contribution in [3.63, 3.8) is 0 Å². The normalized spacial score (nSPS) is 11.2. The molecule has 0 bridgehead atoms. The SMILES string of the molecule is Cc1csc(Cn2c(=O)[nH]c3cc(F)ccc32)n1. The van der Waals surface area contributed by atoms with Gasteiger partial charge < -0.3 is 4.98 Å². The Kier molecular flexibility index (Phi) is 2.52. The highest BCUT2D eigenvalue weighted by Gasteiger charge is 2.09. The van der Waals surface area contributed by atoms with Crippen molar-refractivity contribution in [2.24, 2.45) is 0 Å². The van der Waals surface area contributed by atoms with Crippen molar-refractivity contribution in [2.75, 3.05) is 0 Å². The zero-order chi connectivity index (χ0) is 12.7. The second-order valence-corrected chi connectivity index (χ2v) is 5.00. The fourth-order valence-electron chi connectivity index (χ4n) is 1.90. The summed E-state index contributed by atoms with van der Waals surface area (Å²) in [5.74, 6) is -0.360. The van der Waals surface area contributed by atoms with Crippen LogP contribution in [0.1, 0.15) is 10.7 Å². The largest absolute Gasteiger partial charge is 0.326 e. The Morgan fingerprint density at radius 3 is 3.06 bits per heavy atom. The number of aromatic nitrogens is 3. The van der Waals surface area contributed by atoms with Crippen LogP contribution in [0.2, 0.25) is 0 Å². The van der Waals surface area contributed by atoms with E-state index in [0.29, 0.717) is 17.6 Å². The van der Waals surface area contributed by atoms with Crippen LogP contribution in [-0.4, -0.2) is 14.5 Å². The predicted octanol–water partition coefficient (Wildman–Crippen LogP) is 2.28. The molecule has 1 N–H and O–H groups in total. The first kappa shape index (κ1) is 11.2. The average molecular weight is 263 g/mol. The summed E-state index contributed by atoms with van der Waals surface area (Å²) in [6.45, 7) is 2.32. The number of H-pyrrole nitrogens is 1. The van der Waals surface area contributed by atoms with Crippen LogP contribution >= 0.6 is 11.3 Å². The highest BCUT2D eigenvalue weighted by Crippen LogP contribution is 2.15. The van der Waals surface area contributed by atoms with Crippen molar-refractivity contribution in [3.05, 3.63) is 50.6 Å². The number of hydrogen-bond acceptors (Lipinski definition) is 3. The molecule has 0 aliphatic carbocycles. The van der Waals surface area contributed by atoms with Crippen LogP contribution in [0.25, 0.3) is 11.0 Å². The molecule has 0 saturated carbocycles. The first-order chi connectivity index (χ1) is 8.63. The van der Waals surface area contributed by atoms with Crippen LogP contribution in [0.3, 0.4) is 0 Å². The fourth-order valence-corrected chi connectivity index (χ4v) is 2.66. The molecule has 0 aliphatic heterocycles. The van der Waals surface area contributed by atoms with Crippen molar-refractivity contribution >= 4 is 22.4 Å². The van der Waals surface area contributed by atoms with Gasteiger partial charge in [0.05, 0.1) is 17.6 Å². The molecule has 92 valence electrons. The van der Waals surface area contributed by atoms with Gasteiger partial charge in [-0.05, 0) is 25.1 Å². The summed E-state index contributed by atoms with van der Waals surface area (Å²) in [7, 11) is 0. The van der Waals surface area contributed by atoms with E-state index in [1.165, 1.54) is 23.5 Å². The quantitative estimate of drug-likeness (QED) is 0.771. The van der Waals surface area contributed by atoms with Crippen molar-refractivity contribution < 1.29 is 4.39 Å². The third-order valence-electron chi connectivity index (χ3n) is 2.70. The molecular weight excluding hydrogens is 253 g/mol. The third-order valence-corrected chi connectivity index (χ3v) is 3.65. The Bertz CT molecular complexity index is 771. The van der Waals surface area contributed by atoms with E-state index < -0.39 is 0 Å². The lowest BCUT2D eigenvalue weighted by molar-refractivity contribution is 0.629. The number of halogens is 1. The average Bonchev–Trinajstić information content (AvgIpc) is 2.84. The Morgan fingerprint density at radius 2 is 2.33 bits per heavy atom. The Labute approximate surface area is 106 Å². The molecule has 4 nitrogen and oxygen atoms in total. The Hall–Kier alpha value is -1.95. The zero-order valence-electron chi connectivity index (χ0n) is 9.61. The predicted molar refractivity (Wildman–Crippen MR) is 68.5 cm³/mol. The lowest BCUT2D eigenvalue weighted by Gasteiger charge is -1.99.